The van der Waals surface area contributed by atoms with E-state index in [1.54, 1.807) is 0 Å². The first-order valence-electron chi connectivity index (χ1n) is 10.2. The highest BCUT2D eigenvalue weighted by Gasteiger charge is 2.27. The lowest BCUT2D eigenvalue weighted by Gasteiger charge is -2.13. The van der Waals surface area contributed by atoms with Crippen molar-refractivity contribution in [2.75, 3.05) is 13.1 Å². The molecule has 2 atom stereocenters. The number of nitrogens with one attached hydrogen (secondary N) is 3. The molecule has 1 aliphatic heterocycles. The van der Waals surface area contributed by atoms with Crippen molar-refractivity contribution in [2.45, 2.75) is 58.7 Å². The number of rotatable bonds is 7. The standard InChI is InChI=1S/C21H31N5O2/c1-13(2)20(27)22-10-9-15-11-16(12-23-15)24-21(28)19-17-7-5-6-8-18(17)26(25-19)14(3)4/h5-8,13-16,23H,9-12H2,1-4H3,(H,22,27)(H,24,28)/t15-,16-/m0/s1. The Balaban J connectivity index is 1.58. The Hall–Kier alpha value is -2.41. The van der Waals surface area contributed by atoms with Crippen LogP contribution in [-0.4, -0.2) is 46.8 Å². The predicted octanol–water partition coefficient (Wildman–Crippen LogP) is 2.24. The molecule has 0 radical (unpaired) electrons. The molecule has 3 N–H and O–H groups in total. The lowest BCUT2D eigenvalue weighted by atomic mass is 10.1. The maximum absolute atomic E-state index is 12.9. The Morgan fingerprint density at radius 1 is 1.25 bits per heavy atom. The molecule has 2 amide bonds. The van der Waals surface area contributed by atoms with Gasteiger partial charge < -0.3 is 16.0 Å². The highest BCUT2D eigenvalue weighted by atomic mass is 16.2. The molecule has 1 aromatic heterocycles. The van der Waals surface area contributed by atoms with Gasteiger partial charge in [-0.25, -0.2) is 0 Å². The van der Waals surface area contributed by atoms with Crippen molar-refractivity contribution in [1.29, 1.82) is 0 Å². The quantitative estimate of drug-likeness (QED) is 0.682. The Kier molecular flexibility index (Phi) is 6.34. The fourth-order valence-corrected chi connectivity index (χ4v) is 3.63. The van der Waals surface area contributed by atoms with Gasteiger partial charge in [-0.3, -0.25) is 14.3 Å². The molecule has 2 aromatic rings. The van der Waals surface area contributed by atoms with Crippen molar-refractivity contribution < 1.29 is 9.59 Å². The van der Waals surface area contributed by atoms with Crippen LogP contribution in [0.4, 0.5) is 0 Å². The van der Waals surface area contributed by atoms with Gasteiger partial charge in [-0.2, -0.15) is 5.10 Å². The number of aromatic nitrogens is 2. The zero-order chi connectivity index (χ0) is 20.3. The summed E-state index contributed by atoms with van der Waals surface area (Å²) in [5.41, 5.74) is 1.46. The van der Waals surface area contributed by atoms with Crippen molar-refractivity contribution >= 4 is 22.7 Å². The number of amides is 2. The monoisotopic (exact) mass is 385 g/mol. The molecule has 2 heterocycles. The SMILES string of the molecule is CC(C)C(=O)NCC[C@H]1C[C@H](NC(=O)c2nn(C(C)C)c3ccccc23)CN1. The minimum atomic E-state index is -0.129. The predicted molar refractivity (Wildman–Crippen MR) is 110 cm³/mol. The van der Waals surface area contributed by atoms with E-state index >= 15 is 0 Å². The maximum atomic E-state index is 12.9. The largest absolute Gasteiger partial charge is 0.356 e. The average Bonchev–Trinajstić information content (AvgIpc) is 3.26. The summed E-state index contributed by atoms with van der Waals surface area (Å²) in [4.78, 5) is 24.5. The van der Waals surface area contributed by atoms with E-state index in [9.17, 15) is 9.59 Å². The van der Waals surface area contributed by atoms with Gasteiger partial charge in [0.05, 0.1) is 5.52 Å². The molecule has 152 valence electrons. The molecule has 7 nitrogen and oxygen atoms in total. The molecule has 1 fully saturated rings. The van der Waals surface area contributed by atoms with Crippen LogP contribution >= 0.6 is 0 Å². The Labute approximate surface area is 166 Å². The summed E-state index contributed by atoms with van der Waals surface area (Å²) < 4.78 is 1.90. The second-order valence-electron chi connectivity index (χ2n) is 8.15. The number of para-hydroxylation sites is 1. The van der Waals surface area contributed by atoms with Crippen LogP contribution < -0.4 is 16.0 Å². The molecule has 3 rings (SSSR count). The Bertz CT molecular complexity index is 842. The van der Waals surface area contributed by atoms with Crippen LogP contribution in [0.3, 0.4) is 0 Å². The molecular formula is C21H31N5O2. The van der Waals surface area contributed by atoms with E-state index in [2.05, 4.69) is 34.9 Å². The van der Waals surface area contributed by atoms with Gasteiger partial charge in [0.15, 0.2) is 5.69 Å². The lowest BCUT2D eigenvalue weighted by Crippen LogP contribution is -2.36. The van der Waals surface area contributed by atoms with E-state index in [1.807, 2.05) is 42.8 Å². The van der Waals surface area contributed by atoms with Crippen LogP contribution in [0.15, 0.2) is 24.3 Å². The topological polar surface area (TPSA) is 88.1 Å². The van der Waals surface area contributed by atoms with E-state index in [-0.39, 0.29) is 29.8 Å². The fourth-order valence-electron chi connectivity index (χ4n) is 3.63. The van der Waals surface area contributed by atoms with E-state index < -0.39 is 0 Å². The van der Waals surface area contributed by atoms with Gasteiger partial charge in [0.2, 0.25) is 5.91 Å². The summed E-state index contributed by atoms with van der Waals surface area (Å²) in [6.07, 6.45) is 1.71. The van der Waals surface area contributed by atoms with E-state index in [0.29, 0.717) is 18.3 Å². The van der Waals surface area contributed by atoms with Crippen LogP contribution in [0, 0.1) is 5.92 Å². The van der Waals surface area contributed by atoms with Gasteiger partial charge in [-0.05, 0) is 32.8 Å². The molecule has 0 spiro atoms. The summed E-state index contributed by atoms with van der Waals surface area (Å²) in [7, 11) is 0. The molecule has 1 saturated heterocycles. The minimum Gasteiger partial charge on any atom is -0.356 e. The summed E-state index contributed by atoms with van der Waals surface area (Å²) >= 11 is 0. The first kappa shape index (κ1) is 20.3. The minimum absolute atomic E-state index is 0.00374. The smallest absolute Gasteiger partial charge is 0.272 e. The van der Waals surface area contributed by atoms with E-state index in [0.717, 1.165) is 30.3 Å². The zero-order valence-electron chi connectivity index (χ0n) is 17.2. The van der Waals surface area contributed by atoms with Crippen LogP contribution in [-0.2, 0) is 4.79 Å². The second kappa shape index (κ2) is 8.73. The van der Waals surface area contributed by atoms with Crippen LogP contribution in [0.25, 0.3) is 10.9 Å². The second-order valence-corrected chi connectivity index (χ2v) is 8.15. The summed E-state index contributed by atoms with van der Waals surface area (Å²) in [5.74, 6) is -0.0457. The zero-order valence-corrected chi connectivity index (χ0v) is 17.2. The molecule has 0 saturated carbocycles. The Morgan fingerprint density at radius 2 is 2.00 bits per heavy atom. The third kappa shape index (κ3) is 4.52. The summed E-state index contributed by atoms with van der Waals surface area (Å²) in [5, 5.41) is 15.0. The number of carbonyl (C=O) groups is 2. The molecule has 28 heavy (non-hydrogen) atoms. The fraction of sp³-hybridized carbons (Fsp3) is 0.571. The van der Waals surface area contributed by atoms with Crippen molar-refractivity contribution in [3.8, 4) is 0 Å². The number of fused-ring (bicyclic) bond motifs is 1. The molecule has 0 aliphatic carbocycles. The van der Waals surface area contributed by atoms with Crippen molar-refractivity contribution in [2.24, 2.45) is 5.92 Å². The van der Waals surface area contributed by atoms with Crippen LogP contribution in [0.5, 0.6) is 0 Å². The molecule has 7 heteroatoms. The molecule has 0 bridgehead atoms. The van der Waals surface area contributed by atoms with Crippen LogP contribution in [0.2, 0.25) is 0 Å². The summed E-state index contributed by atoms with van der Waals surface area (Å²) in [6, 6.07) is 8.40. The number of nitrogens with zero attached hydrogens (tertiary/aromatic N) is 2. The number of benzene rings is 1. The van der Waals surface area contributed by atoms with Gasteiger partial charge in [0, 0.05) is 42.5 Å². The molecular weight excluding hydrogens is 354 g/mol. The average molecular weight is 386 g/mol. The molecule has 0 unspecified atom stereocenters. The normalized spacial score (nSPS) is 19.5. The van der Waals surface area contributed by atoms with Gasteiger partial charge in [-0.15, -0.1) is 0 Å². The van der Waals surface area contributed by atoms with Gasteiger partial charge >= 0.3 is 0 Å². The van der Waals surface area contributed by atoms with Crippen molar-refractivity contribution in [1.82, 2.24) is 25.7 Å². The molecule has 1 aliphatic rings. The van der Waals surface area contributed by atoms with Gasteiger partial charge in [0.25, 0.3) is 5.91 Å². The maximum Gasteiger partial charge on any atom is 0.272 e. The summed E-state index contributed by atoms with van der Waals surface area (Å²) in [6.45, 7) is 9.28. The third-order valence-electron chi connectivity index (χ3n) is 5.19. The van der Waals surface area contributed by atoms with E-state index in [4.69, 9.17) is 0 Å². The van der Waals surface area contributed by atoms with Gasteiger partial charge in [0.1, 0.15) is 0 Å². The van der Waals surface area contributed by atoms with Crippen molar-refractivity contribution in [3.63, 3.8) is 0 Å². The van der Waals surface area contributed by atoms with Crippen molar-refractivity contribution in [3.05, 3.63) is 30.0 Å². The Morgan fingerprint density at radius 3 is 2.71 bits per heavy atom. The van der Waals surface area contributed by atoms with Crippen LogP contribution in [0.1, 0.15) is 57.1 Å². The third-order valence-corrected chi connectivity index (χ3v) is 5.19. The molecule has 1 aromatic carbocycles. The number of carbonyl (C=O) groups excluding carboxylic acids is 2. The van der Waals surface area contributed by atoms with E-state index in [1.165, 1.54) is 0 Å². The highest BCUT2D eigenvalue weighted by Crippen LogP contribution is 2.22. The van der Waals surface area contributed by atoms with Gasteiger partial charge in [-0.1, -0.05) is 32.0 Å². The number of hydrogen-bond donors (Lipinski definition) is 3. The highest BCUT2D eigenvalue weighted by molar-refractivity contribution is 6.05. The first-order valence-corrected chi connectivity index (χ1v) is 10.2. The lowest BCUT2D eigenvalue weighted by molar-refractivity contribution is -0.123. The first-order chi connectivity index (χ1) is 13.4. The number of hydrogen-bond acceptors (Lipinski definition) is 4.